The van der Waals surface area contributed by atoms with Gasteiger partial charge in [-0.2, -0.15) is 0 Å². The van der Waals surface area contributed by atoms with Crippen LogP contribution in [0.15, 0.2) is 0 Å². The summed E-state index contributed by atoms with van der Waals surface area (Å²) in [5.41, 5.74) is 5.58. The molecular formula is C9H18N2O. The van der Waals surface area contributed by atoms with Crippen LogP contribution in [0.4, 0.5) is 0 Å². The van der Waals surface area contributed by atoms with Crippen LogP contribution in [-0.2, 0) is 4.79 Å². The van der Waals surface area contributed by atoms with E-state index in [2.05, 4.69) is 13.8 Å². The van der Waals surface area contributed by atoms with Gasteiger partial charge >= 0.3 is 0 Å². The number of nitrogens with zero attached hydrogens (tertiary/aromatic N) is 1. The normalized spacial score (nSPS) is 20.4. The van der Waals surface area contributed by atoms with Gasteiger partial charge in [-0.3, -0.25) is 4.79 Å². The van der Waals surface area contributed by atoms with Crippen LogP contribution < -0.4 is 5.73 Å². The van der Waals surface area contributed by atoms with Crippen molar-refractivity contribution in [3.05, 3.63) is 0 Å². The number of amides is 1. The van der Waals surface area contributed by atoms with Crippen molar-refractivity contribution in [1.82, 2.24) is 4.90 Å². The van der Waals surface area contributed by atoms with Gasteiger partial charge in [0, 0.05) is 25.6 Å². The van der Waals surface area contributed by atoms with Crippen LogP contribution in [0.3, 0.4) is 0 Å². The number of carbonyl (C=O) groups excluding carboxylic acids is 1. The molecule has 1 aliphatic rings. The second kappa shape index (κ2) is 3.90. The molecule has 0 bridgehead atoms. The van der Waals surface area contributed by atoms with Crippen LogP contribution in [0.1, 0.15) is 26.7 Å². The lowest BCUT2D eigenvalue weighted by molar-refractivity contribution is -0.136. The predicted molar refractivity (Wildman–Crippen MR) is 48.6 cm³/mol. The Kier molecular flexibility index (Phi) is 3.09. The Bertz CT molecular complexity index is 164. The van der Waals surface area contributed by atoms with E-state index in [1.807, 2.05) is 4.90 Å². The summed E-state index contributed by atoms with van der Waals surface area (Å²) in [6.45, 7) is 5.74. The predicted octanol–water partition coefficient (Wildman–Crippen LogP) is 0.592. The zero-order valence-corrected chi connectivity index (χ0v) is 7.92. The van der Waals surface area contributed by atoms with Crippen molar-refractivity contribution in [2.24, 2.45) is 11.7 Å². The highest BCUT2D eigenvalue weighted by atomic mass is 16.2. The zero-order chi connectivity index (χ0) is 9.14. The third-order valence-corrected chi connectivity index (χ3v) is 2.48. The number of nitrogens with two attached hydrogens (primary N) is 1. The molecule has 3 heteroatoms. The minimum absolute atomic E-state index is 0.228. The number of hydrogen-bond donors (Lipinski definition) is 1. The van der Waals surface area contributed by atoms with Gasteiger partial charge < -0.3 is 10.6 Å². The SMILES string of the molecule is CCC(C)CC(=O)N1CC(N)C1. The minimum Gasteiger partial charge on any atom is -0.339 e. The van der Waals surface area contributed by atoms with Gasteiger partial charge in [0.2, 0.25) is 5.91 Å². The maximum atomic E-state index is 11.4. The molecule has 2 N–H and O–H groups in total. The average molecular weight is 170 g/mol. The highest BCUT2D eigenvalue weighted by molar-refractivity contribution is 5.77. The van der Waals surface area contributed by atoms with Crippen molar-refractivity contribution in [3.63, 3.8) is 0 Å². The fraction of sp³-hybridized carbons (Fsp3) is 0.889. The highest BCUT2D eigenvalue weighted by Gasteiger charge is 2.27. The minimum atomic E-state index is 0.228. The van der Waals surface area contributed by atoms with Crippen LogP contribution in [0.25, 0.3) is 0 Å². The molecule has 3 nitrogen and oxygen atoms in total. The maximum Gasteiger partial charge on any atom is 0.222 e. The third kappa shape index (κ3) is 2.21. The highest BCUT2D eigenvalue weighted by Crippen LogP contribution is 2.13. The Hall–Kier alpha value is -0.570. The fourth-order valence-electron chi connectivity index (χ4n) is 1.29. The molecule has 0 saturated carbocycles. The number of likely N-dealkylation sites (tertiary alicyclic amines) is 1. The fourth-order valence-corrected chi connectivity index (χ4v) is 1.29. The van der Waals surface area contributed by atoms with E-state index in [-0.39, 0.29) is 11.9 Å². The molecule has 1 saturated heterocycles. The van der Waals surface area contributed by atoms with E-state index in [0.29, 0.717) is 12.3 Å². The first-order chi connectivity index (χ1) is 5.63. The Labute approximate surface area is 73.9 Å². The standard InChI is InChI=1S/C9H18N2O/c1-3-7(2)4-9(12)11-5-8(10)6-11/h7-8H,3-6,10H2,1-2H3. The van der Waals surface area contributed by atoms with E-state index in [1.54, 1.807) is 0 Å². The molecule has 1 rings (SSSR count). The lowest BCUT2D eigenvalue weighted by Gasteiger charge is -2.37. The van der Waals surface area contributed by atoms with Crippen molar-refractivity contribution < 1.29 is 4.79 Å². The molecule has 0 aliphatic carbocycles. The number of hydrogen-bond acceptors (Lipinski definition) is 2. The summed E-state index contributed by atoms with van der Waals surface area (Å²) in [6, 6.07) is 0.228. The second-order valence-corrected chi connectivity index (χ2v) is 3.78. The summed E-state index contributed by atoms with van der Waals surface area (Å²) in [5.74, 6) is 0.778. The molecule has 70 valence electrons. The maximum absolute atomic E-state index is 11.4. The molecule has 1 amide bonds. The molecule has 0 spiro atoms. The first-order valence-electron chi connectivity index (χ1n) is 4.66. The molecule has 1 heterocycles. The van der Waals surface area contributed by atoms with E-state index >= 15 is 0 Å². The summed E-state index contributed by atoms with van der Waals surface area (Å²) in [6.07, 6.45) is 1.76. The Morgan fingerprint density at radius 2 is 2.25 bits per heavy atom. The Morgan fingerprint density at radius 1 is 1.67 bits per heavy atom. The number of carbonyl (C=O) groups is 1. The van der Waals surface area contributed by atoms with E-state index in [1.165, 1.54) is 0 Å². The molecular weight excluding hydrogens is 152 g/mol. The van der Waals surface area contributed by atoms with Gasteiger partial charge in [-0.1, -0.05) is 20.3 Å². The summed E-state index contributed by atoms with van der Waals surface area (Å²) in [5, 5.41) is 0. The summed E-state index contributed by atoms with van der Waals surface area (Å²) < 4.78 is 0. The molecule has 0 radical (unpaired) electrons. The van der Waals surface area contributed by atoms with Crippen molar-refractivity contribution >= 4 is 5.91 Å². The zero-order valence-electron chi connectivity index (χ0n) is 7.92. The lowest BCUT2D eigenvalue weighted by atomic mass is 10.0. The first kappa shape index (κ1) is 9.52. The van der Waals surface area contributed by atoms with Gasteiger partial charge in [0.1, 0.15) is 0 Å². The Morgan fingerprint density at radius 3 is 2.67 bits per heavy atom. The van der Waals surface area contributed by atoms with Gasteiger partial charge in [0.05, 0.1) is 0 Å². The van der Waals surface area contributed by atoms with E-state index in [9.17, 15) is 4.79 Å². The van der Waals surface area contributed by atoms with E-state index < -0.39 is 0 Å². The molecule has 0 aromatic carbocycles. The second-order valence-electron chi connectivity index (χ2n) is 3.78. The molecule has 1 aliphatic heterocycles. The van der Waals surface area contributed by atoms with Crippen LogP contribution in [0.2, 0.25) is 0 Å². The molecule has 1 atom stereocenters. The molecule has 1 fully saturated rings. The van der Waals surface area contributed by atoms with Crippen molar-refractivity contribution in [2.75, 3.05) is 13.1 Å². The van der Waals surface area contributed by atoms with Crippen molar-refractivity contribution in [1.29, 1.82) is 0 Å². The summed E-state index contributed by atoms with van der Waals surface area (Å²) >= 11 is 0. The lowest BCUT2D eigenvalue weighted by Crippen LogP contribution is -2.58. The number of rotatable bonds is 3. The largest absolute Gasteiger partial charge is 0.339 e. The molecule has 12 heavy (non-hydrogen) atoms. The monoisotopic (exact) mass is 170 g/mol. The van der Waals surface area contributed by atoms with E-state index in [4.69, 9.17) is 5.73 Å². The van der Waals surface area contributed by atoms with Gasteiger partial charge in [0.15, 0.2) is 0 Å². The first-order valence-corrected chi connectivity index (χ1v) is 4.66. The smallest absolute Gasteiger partial charge is 0.222 e. The van der Waals surface area contributed by atoms with Crippen molar-refractivity contribution in [2.45, 2.75) is 32.7 Å². The quantitative estimate of drug-likeness (QED) is 0.674. The average Bonchev–Trinajstić information content (AvgIpc) is 1.98. The Balaban J connectivity index is 2.20. The third-order valence-electron chi connectivity index (χ3n) is 2.48. The van der Waals surface area contributed by atoms with Gasteiger partial charge in [-0.05, 0) is 5.92 Å². The summed E-state index contributed by atoms with van der Waals surface area (Å²) in [4.78, 5) is 13.3. The van der Waals surface area contributed by atoms with Gasteiger partial charge in [0.25, 0.3) is 0 Å². The van der Waals surface area contributed by atoms with Crippen molar-refractivity contribution in [3.8, 4) is 0 Å². The van der Waals surface area contributed by atoms with Crippen LogP contribution in [0.5, 0.6) is 0 Å². The molecule has 0 aromatic heterocycles. The van der Waals surface area contributed by atoms with Gasteiger partial charge in [-0.25, -0.2) is 0 Å². The summed E-state index contributed by atoms with van der Waals surface area (Å²) in [7, 11) is 0. The van der Waals surface area contributed by atoms with Crippen LogP contribution >= 0.6 is 0 Å². The van der Waals surface area contributed by atoms with Gasteiger partial charge in [-0.15, -0.1) is 0 Å². The van der Waals surface area contributed by atoms with E-state index in [0.717, 1.165) is 19.5 Å². The molecule has 0 aromatic rings. The van der Waals surface area contributed by atoms with Crippen LogP contribution in [-0.4, -0.2) is 29.9 Å². The van der Waals surface area contributed by atoms with Crippen LogP contribution in [0, 0.1) is 5.92 Å². The molecule has 1 unspecified atom stereocenters. The topological polar surface area (TPSA) is 46.3 Å².